The SMILES string of the molecule is Cc1cnn([C@@H](C)CNC(=O)c2ncoc2C)c1. The van der Waals surface area contributed by atoms with Crippen LogP contribution in [-0.4, -0.2) is 27.2 Å². The van der Waals surface area contributed by atoms with Crippen molar-refractivity contribution in [2.75, 3.05) is 6.54 Å². The Bertz CT molecular complexity index is 544. The first kappa shape index (κ1) is 12.3. The number of rotatable bonds is 4. The molecule has 18 heavy (non-hydrogen) atoms. The van der Waals surface area contributed by atoms with Crippen molar-refractivity contribution in [3.05, 3.63) is 35.8 Å². The Morgan fingerprint density at radius 3 is 2.89 bits per heavy atom. The maximum absolute atomic E-state index is 11.8. The van der Waals surface area contributed by atoms with Crippen LogP contribution in [0.3, 0.4) is 0 Å². The van der Waals surface area contributed by atoms with Gasteiger partial charge in [-0.25, -0.2) is 4.98 Å². The van der Waals surface area contributed by atoms with Crippen LogP contribution in [0.15, 0.2) is 23.2 Å². The summed E-state index contributed by atoms with van der Waals surface area (Å²) in [5.41, 5.74) is 1.43. The van der Waals surface area contributed by atoms with Crippen LogP contribution in [0.1, 0.15) is 34.8 Å². The number of aryl methyl sites for hydroxylation is 2. The standard InChI is InChI=1S/C12H16N4O2/c1-8-4-15-16(6-8)9(2)5-13-12(17)11-10(3)18-7-14-11/h4,6-7,9H,5H2,1-3H3,(H,13,17)/t9-/m0/s1. The predicted molar refractivity (Wildman–Crippen MR) is 65.2 cm³/mol. The van der Waals surface area contributed by atoms with Crippen molar-refractivity contribution < 1.29 is 9.21 Å². The molecule has 0 unspecified atom stereocenters. The third-order valence-electron chi connectivity index (χ3n) is 2.70. The molecular weight excluding hydrogens is 232 g/mol. The van der Waals surface area contributed by atoms with Crippen LogP contribution in [0, 0.1) is 13.8 Å². The van der Waals surface area contributed by atoms with Crippen LogP contribution in [0.5, 0.6) is 0 Å². The second kappa shape index (κ2) is 5.03. The first-order valence-corrected chi connectivity index (χ1v) is 5.77. The lowest BCUT2D eigenvalue weighted by Gasteiger charge is -2.12. The van der Waals surface area contributed by atoms with Crippen molar-refractivity contribution in [1.29, 1.82) is 0 Å². The monoisotopic (exact) mass is 248 g/mol. The first-order chi connectivity index (χ1) is 8.58. The molecule has 2 aromatic rings. The van der Waals surface area contributed by atoms with Gasteiger partial charge in [0.15, 0.2) is 12.1 Å². The minimum absolute atomic E-state index is 0.0925. The fourth-order valence-electron chi connectivity index (χ4n) is 1.62. The number of nitrogens with one attached hydrogen (secondary N) is 1. The van der Waals surface area contributed by atoms with E-state index in [1.54, 1.807) is 13.1 Å². The summed E-state index contributed by atoms with van der Waals surface area (Å²) in [5, 5.41) is 7.02. The highest BCUT2D eigenvalue weighted by atomic mass is 16.3. The van der Waals surface area contributed by atoms with Gasteiger partial charge in [-0.1, -0.05) is 0 Å². The van der Waals surface area contributed by atoms with Gasteiger partial charge in [-0.05, 0) is 26.3 Å². The third kappa shape index (κ3) is 2.58. The third-order valence-corrected chi connectivity index (χ3v) is 2.70. The fourth-order valence-corrected chi connectivity index (χ4v) is 1.62. The average molecular weight is 248 g/mol. The van der Waals surface area contributed by atoms with Gasteiger partial charge in [0.25, 0.3) is 5.91 Å². The second-order valence-corrected chi connectivity index (χ2v) is 4.31. The Labute approximate surface area is 105 Å². The van der Waals surface area contributed by atoms with Crippen LogP contribution in [0.4, 0.5) is 0 Å². The molecule has 0 saturated carbocycles. The summed E-state index contributed by atoms with van der Waals surface area (Å²) in [5.74, 6) is 0.298. The zero-order valence-electron chi connectivity index (χ0n) is 10.7. The Morgan fingerprint density at radius 1 is 1.56 bits per heavy atom. The van der Waals surface area contributed by atoms with Crippen molar-refractivity contribution in [2.45, 2.75) is 26.8 Å². The van der Waals surface area contributed by atoms with E-state index in [4.69, 9.17) is 4.42 Å². The molecular formula is C12H16N4O2. The summed E-state index contributed by atoms with van der Waals surface area (Å²) in [7, 11) is 0. The molecule has 2 heterocycles. The molecule has 0 radical (unpaired) electrons. The zero-order valence-corrected chi connectivity index (χ0v) is 10.7. The van der Waals surface area contributed by atoms with Crippen molar-refractivity contribution in [2.24, 2.45) is 0 Å². The predicted octanol–water partition coefficient (Wildman–Crippen LogP) is 1.48. The molecule has 0 aliphatic rings. The largest absolute Gasteiger partial charge is 0.448 e. The quantitative estimate of drug-likeness (QED) is 0.889. The summed E-state index contributed by atoms with van der Waals surface area (Å²) in [6, 6.07) is 0.0925. The summed E-state index contributed by atoms with van der Waals surface area (Å²) in [6.45, 7) is 6.17. The smallest absolute Gasteiger partial charge is 0.273 e. The Hall–Kier alpha value is -2.11. The molecule has 1 N–H and O–H groups in total. The lowest BCUT2D eigenvalue weighted by atomic mass is 10.3. The molecule has 0 aliphatic heterocycles. The summed E-state index contributed by atoms with van der Waals surface area (Å²) in [6.07, 6.45) is 5.00. The van der Waals surface area contributed by atoms with E-state index in [2.05, 4.69) is 15.4 Å². The number of carbonyl (C=O) groups is 1. The lowest BCUT2D eigenvalue weighted by Crippen LogP contribution is -2.30. The second-order valence-electron chi connectivity index (χ2n) is 4.31. The van der Waals surface area contributed by atoms with E-state index in [0.717, 1.165) is 5.56 Å². The number of hydrogen-bond acceptors (Lipinski definition) is 4. The highest BCUT2D eigenvalue weighted by Crippen LogP contribution is 2.07. The van der Waals surface area contributed by atoms with Gasteiger partial charge in [0.2, 0.25) is 0 Å². The summed E-state index contributed by atoms with van der Waals surface area (Å²) >= 11 is 0. The van der Waals surface area contributed by atoms with Crippen LogP contribution >= 0.6 is 0 Å². The van der Waals surface area contributed by atoms with E-state index in [-0.39, 0.29) is 11.9 Å². The normalized spacial score (nSPS) is 12.4. The van der Waals surface area contributed by atoms with Gasteiger partial charge in [-0.15, -0.1) is 0 Å². The molecule has 0 aromatic carbocycles. The number of nitrogens with zero attached hydrogens (tertiary/aromatic N) is 3. The van der Waals surface area contributed by atoms with Gasteiger partial charge in [0.1, 0.15) is 5.76 Å². The minimum Gasteiger partial charge on any atom is -0.448 e. The molecule has 0 aliphatic carbocycles. The molecule has 0 fully saturated rings. The van der Waals surface area contributed by atoms with E-state index in [1.165, 1.54) is 6.39 Å². The molecule has 96 valence electrons. The number of oxazole rings is 1. The van der Waals surface area contributed by atoms with Gasteiger partial charge >= 0.3 is 0 Å². The molecule has 6 nitrogen and oxygen atoms in total. The minimum atomic E-state index is -0.225. The van der Waals surface area contributed by atoms with Crippen molar-refractivity contribution in [3.63, 3.8) is 0 Å². The van der Waals surface area contributed by atoms with Gasteiger partial charge in [0.05, 0.1) is 12.2 Å². The van der Waals surface area contributed by atoms with E-state index < -0.39 is 0 Å². The Balaban J connectivity index is 1.92. The highest BCUT2D eigenvalue weighted by molar-refractivity contribution is 5.93. The van der Waals surface area contributed by atoms with E-state index in [1.807, 2.05) is 24.7 Å². The summed E-state index contributed by atoms with van der Waals surface area (Å²) in [4.78, 5) is 15.7. The van der Waals surface area contributed by atoms with Gasteiger partial charge in [0, 0.05) is 12.7 Å². The molecule has 1 amide bonds. The van der Waals surface area contributed by atoms with Crippen molar-refractivity contribution >= 4 is 5.91 Å². The van der Waals surface area contributed by atoms with Gasteiger partial charge < -0.3 is 9.73 Å². The number of carbonyl (C=O) groups excluding carboxylic acids is 1. The van der Waals surface area contributed by atoms with E-state index in [0.29, 0.717) is 18.0 Å². The topological polar surface area (TPSA) is 73.0 Å². The van der Waals surface area contributed by atoms with Crippen molar-refractivity contribution in [1.82, 2.24) is 20.1 Å². The molecule has 0 spiro atoms. The van der Waals surface area contributed by atoms with E-state index in [9.17, 15) is 4.79 Å². The number of hydrogen-bond donors (Lipinski definition) is 1. The molecule has 0 bridgehead atoms. The summed E-state index contributed by atoms with van der Waals surface area (Å²) < 4.78 is 6.82. The molecule has 0 saturated heterocycles. The van der Waals surface area contributed by atoms with E-state index >= 15 is 0 Å². The highest BCUT2D eigenvalue weighted by Gasteiger charge is 2.14. The molecule has 2 aromatic heterocycles. The van der Waals surface area contributed by atoms with Gasteiger partial charge in [-0.2, -0.15) is 5.10 Å². The molecule has 2 rings (SSSR count). The molecule has 6 heteroatoms. The number of amides is 1. The van der Waals surface area contributed by atoms with Crippen LogP contribution < -0.4 is 5.32 Å². The first-order valence-electron chi connectivity index (χ1n) is 5.77. The fraction of sp³-hybridized carbons (Fsp3) is 0.417. The van der Waals surface area contributed by atoms with Crippen LogP contribution in [-0.2, 0) is 0 Å². The van der Waals surface area contributed by atoms with Crippen molar-refractivity contribution in [3.8, 4) is 0 Å². The maximum atomic E-state index is 11.8. The Morgan fingerprint density at radius 2 is 2.33 bits per heavy atom. The van der Waals surface area contributed by atoms with Crippen LogP contribution in [0.25, 0.3) is 0 Å². The zero-order chi connectivity index (χ0) is 13.1. The number of aromatic nitrogens is 3. The lowest BCUT2D eigenvalue weighted by molar-refractivity contribution is 0.0942. The average Bonchev–Trinajstić information content (AvgIpc) is 2.94. The van der Waals surface area contributed by atoms with Crippen LogP contribution in [0.2, 0.25) is 0 Å². The molecule has 1 atom stereocenters. The van der Waals surface area contributed by atoms with Gasteiger partial charge in [-0.3, -0.25) is 9.48 Å². The Kier molecular flexibility index (Phi) is 3.45. The maximum Gasteiger partial charge on any atom is 0.273 e.